The number of fused-ring (bicyclic) bond motifs is 1. The Morgan fingerprint density at radius 3 is 2.35 bits per heavy atom. The minimum Gasteiger partial charge on any atom is -0.366 e. The van der Waals surface area contributed by atoms with Crippen molar-refractivity contribution in [3.63, 3.8) is 0 Å². The largest absolute Gasteiger partial charge is 0.366 e. The summed E-state index contributed by atoms with van der Waals surface area (Å²) in [5.41, 5.74) is 15.7. The SMILES string of the molecule is CCCc1cc(C(=O)N2CCCC2)ccc1-c1cn2c(c1C(N)=O)CN(C(N)=O)CC2. The monoisotopic (exact) mass is 423 g/mol. The highest BCUT2D eigenvalue weighted by Crippen LogP contribution is 2.34. The van der Waals surface area contributed by atoms with Gasteiger partial charge in [0.2, 0.25) is 0 Å². The molecule has 0 bridgehead atoms. The Morgan fingerprint density at radius 2 is 1.71 bits per heavy atom. The molecule has 0 spiro atoms. The lowest BCUT2D eigenvalue weighted by Crippen LogP contribution is -2.41. The summed E-state index contributed by atoms with van der Waals surface area (Å²) in [6.45, 7) is 4.98. The average Bonchev–Trinajstić information content (AvgIpc) is 3.40. The highest BCUT2D eigenvalue weighted by molar-refractivity contribution is 6.02. The van der Waals surface area contributed by atoms with Crippen molar-refractivity contribution in [2.24, 2.45) is 11.5 Å². The van der Waals surface area contributed by atoms with E-state index < -0.39 is 11.9 Å². The zero-order valence-corrected chi connectivity index (χ0v) is 17.9. The second-order valence-corrected chi connectivity index (χ2v) is 8.30. The molecule has 4 N–H and O–H groups in total. The van der Waals surface area contributed by atoms with Gasteiger partial charge in [0.1, 0.15) is 0 Å². The number of amides is 4. The number of nitrogens with two attached hydrogens (primary N) is 2. The summed E-state index contributed by atoms with van der Waals surface area (Å²) in [4.78, 5) is 40.4. The molecule has 4 amide bonds. The minimum absolute atomic E-state index is 0.0600. The van der Waals surface area contributed by atoms with Gasteiger partial charge in [-0.1, -0.05) is 19.4 Å². The van der Waals surface area contributed by atoms with Gasteiger partial charge in [-0.2, -0.15) is 0 Å². The van der Waals surface area contributed by atoms with Gasteiger partial charge in [-0.3, -0.25) is 9.59 Å². The van der Waals surface area contributed by atoms with Gasteiger partial charge in [0, 0.05) is 43.5 Å². The van der Waals surface area contributed by atoms with E-state index in [0.717, 1.165) is 55.5 Å². The topological polar surface area (TPSA) is 115 Å². The number of benzene rings is 1. The van der Waals surface area contributed by atoms with Crippen LogP contribution in [0.2, 0.25) is 0 Å². The number of aromatic nitrogens is 1. The van der Waals surface area contributed by atoms with Gasteiger partial charge in [-0.25, -0.2) is 4.79 Å². The molecular weight excluding hydrogens is 394 g/mol. The minimum atomic E-state index is -0.533. The number of hydrogen-bond donors (Lipinski definition) is 2. The van der Waals surface area contributed by atoms with Crippen LogP contribution >= 0.6 is 0 Å². The Bertz CT molecular complexity index is 1040. The summed E-state index contributed by atoms with van der Waals surface area (Å²) in [7, 11) is 0. The predicted octanol–water partition coefficient (Wildman–Crippen LogP) is 2.34. The van der Waals surface area contributed by atoms with Crippen molar-refractivity contribution >= 4 is 17.8 Å². The standard InChI is InChI=1S/C23H29N5O3/c1-2-5-15-12-16(22(30)26-8-3-4-9-26)6-7-17(15)18-13-27-10-11-28(23(25)31)14-19(27)20(18)21(24)29/h6-7,12-13H,2-5,8-11,14H2,1H3,(H2,24,29)(H2,25,31). The zero-order valence-electron chi connectivity index (χ0n) is 17.9. The third-order valence-electron chi connectivity index (χ3n) is 6.25. The fourth-order valence-corrected chi connectivity index (χ4v) is 4.69. The summed E-state index contributed by atoms with van der Waals surface area (Å²) in [5, 5.41) is 0. The van der Waals surface area contributed by atoms with Crippen LogP contribution in [-0.4, -0.2) is 51.8 Å². The van der Waals surface area contributed by atoms with Crippen molar-refractivity contribution in [3.8, 4) is 11.1 Å². The molecule has 8 nitrogen and oxygen atoms in total. The van der Waals surface area contributed by atoms with E-state index in [2.05, 4.69) is 6.92 Å². The summed E-state index contributed by atoms with van der Waals surface area (Å²) in [5.74, 6) is -0.473. The normalized spacial score (nSPS) is 15.8. The maximum Gasteiger partial charge on any atom is 0.315 e. The van der Waals surface area contributed by atoms with Crippen molar-refractivity contribution in [2.45, 2.75) is 45.7 Å². The highest BCUT2D eigenvalue weighted by atomic mass is 16.2. The van der Waals surface area contributed by atoms with E-state index in [0.29, 0.717) is 29.9 Å². The van der Waals surface area contributed by atoms with Gasteiger partial charge in [0.25, 0.3) is 11.8 Å². The fourth-order valence-electron chi connectivity index (χ4n) is 4.69. The van der Waals surface area contributed by atoms with Gasteiger partial charge >= 0.3 is 6.03 Å². The molecule has 0 unspecified atom stereocenters. The van der Waals surface area contributed by atoms with Crippen molar-refractivity contribution in [1.29, 1.82) is 0 Å². The Labute approximate surface area is 181 Å². The van der Waals surface area contributed by atoms with Crippen LogP contribution < -0.4 is 11.5 Å². The van der Waals surface area contributed by atoms with Crippen molar-refractivity contribution < 1.29 is 14.4 Å². The first-order chi connectivity index (χ1) is 14.9. The Hall–Kier alpha value is -3.29. The summed E-state index contributed by atoms with van der Waals surface area (Å²) < 4.78 is 1.98. The van der Waals surface area contributed by atoms with E-state index >= 15 is 0 Å². The molecule has 4 rings (SSSR count). The van der Waals surface area contributed by atoms with Crippen LogP contribution in [0.15, 0.2) is 24.4 Å². The first-order valence-electron chi connectivity index (χ1n) is 10.9. The zero-order chi connectivity index (χ0) is 22.1. The van der Waals surface area contributed by atoms with Gasteiger partial charge < -0.3 is 25.8 Å². The molecule has 1 aromatic carbocycles. The van der Waals surface area contributed by atoms with Gasteiger partial charge in [-0.05, 0) is 42.5 Å². The van der Waals surface area contributed by atoms with Crippen LogP contribution in [0, 0.1) is 0 Å². The van der Waals surface area contributed by atoms with Crippen LogP contribution in [0.5, 0.6) is 0 Å². The lowest BCUT2D eigenvalue weighted by Gasteiger charge is -2.27. The number of rotatable bonds is 5. The van der Waals surface area contributed by atoms with E-state index in [4.69, 9.17) is 11.5 Å². The molecular formula is C23H29N5O3. The number of primary amides is 2. The highest BCUT2D eigenvalue weighted by Gasteiger charge is 2.28. The van der Waals surface area contributed by atoms with E-state index in [1.165, 1.54) is 4.90 Å². The predicted molar refractivity (Wildman–Crippen MR) is 118 cm³/mol. The lowest BCUT2D eigenvalue weighted by atomic mass is 9.93. The summed E-state index contributed by atoms with van der Waals surface area (Å²) >= 11 is 0. The Kier molecular flexibility index (Phi) is 5.71. The van der Waals surface area contributed by atoms with Gasteiger partial charge in [-0.15, -0.1) is 0 Å². The van der Waals surface area contributed by atoms with Gasteiger partial charge in [0.05, 0.1) is 17.8 Å². The smallest absolute Gasteiger partial charge is 0.315 e. The molecule has 2 aromatic rings. The van der Waals surface area contributed by atoms with Crippen LogP contribution in [0.3, 0.4) is 0 Å². The Balaban J connectivity index is 1.77. The first-order valence-corrected chi connectivity index (χ1v) is 10.9. The maximum atomic E-state index is 12.9. The molecule has 31 heavy (non-hydrogen) atoms. The van der Waals surface area contributed by atoms with Crippen molar-refractivity contribution in [2.75, 3.05) is 19.6 Å². The Morgan fingerprint density at radius 1 is 0.968 bits per heavy atom. The van der Waals surface area contributed by atoms with Crippen molar-refractivity contribution in [3.05, 3.63) is 46.8 Å². The number of likely N-dealkylation sites (tertiary alicyclic amines) is 1. The molecule has 8 heteroatoms. The van der Waals surface area contributed by atoms with E-state index in [-0.39, 0.29) is 12.5 Å². The fraction of sp³-hybridized carbons (Fsp3) is 0.435. The average molecular weight is 424 g/mol. The molecule has 1 saturated heterocycles. The molecule has 0 radical (unpaired) electrons. The van der Waals surface area contributed by atoms with E-state index in [1.807, 2.05) is 33.9 Å². The molecule has 0 saturated carbocycles. The summed E-state index contributed by atoms with van der Waals surface area (Å²) in [6, 6.07) is 5.21. The molecule has 0 aliphatic carbocycles. The lowest BCUT2D eigenvalue weighted by molar-refractivity contribution is 0.0792. The second-order valence-electron chi connectivity index (χ2n) is 8.30. The molecule has 1 aromatic heterocycles. The molecule has 1 fully saturated rings. The third-order valence-corrected chi connectivity index (χ3v) is 6.25. The summed E-state index contributed by atoms with van der Waals surface area (Å²) in [6.07, 6.45) is 5.72. The number of nitrogens with zero attached hydrogens (tertiary/aromatic N) is 3. The maximum absolute atomic E-state index is 12.9. The molecule has 2 aliphatic heterocycles. The van der Waals surface area contributed by atoms with Crippen LogP contribution in [0.25, 0.3) is 11.1 Å². The molecule has 164 valence electrons. The first kappa shape index (κ1) is 21.0. The van der Waals surface area contributed by atoms with Crippen LogP contribution in [0.1, 0.15) is 58.2 Å². The van der Waals surface area contributed by atoms with Crippen LogP contribution in [-0.2, 0) is 19.5 Å². The van der Waals surface area contributed by atoms with E-state index in [1.54, 1.807) is 0 Å². The molecule has 2 aliphatic rings. The molecule has 3 heterocycles. The number of carbonyl (C=O) groups is 3. The number of urea groups is 1. The van der Waals surface area contributed by atoms with Gasteiger partial charge in [0.15, 0.2) is 0 Å². The number of aryl methyl sites for hydroxylation is 1. The quantitative estimate of drug-likeness (QED) is 0.769. The van der Waals surface area contributed by atoms with Crippen molar-refractivity contribution in [1.82, 2.24) is 14.4 Å². The number of hydrogen-bond acceptors (Lipinski definition) is 3. The molecule has 0 atom stereocenters. The third kappa shape index (κ3) is 3.89. The number of carbonyl (C=O) groups excluding carboxylic acids is 3. The van der Waals surface area contributed by atoms with Crippen LogP contribution in [0.4, 0.5) is 4.79 Å². The second kappa shape index (κ2) is 8.45. The van der Waals surface area contributed by atoms with E-state index in [9.17, 15) is 14.4 Å².